The van der Waals surface area contributed by atoms with Crippen molar-refractivity contribution in [1.29, 1.82) is 0 Å². The van der Waals surface area contributed by atoms with Crippen LogP contribution in [0, 0.1) is 10.1 Å². The zero-order valence-corrected chi connectivity index (χ0v) is 12.1. The van der Waals surface area contributed by atoms with Crippen LogP contribution in [-0.2, 0) is 20.5 Å². The van der Waals surface area contributed by atoms with Gasteiger partial charge in [-0.25, -0.2) is 13.1 Å². The van der Waals surface area contributed by atoms with Crippen LogP contribution in [0.15, 0.2) is 24.3 Å². The molecule has 1 aromatic carbocycles. The van der Waals surface area contributed by atoms with Crippen LogP contribution in [0.25, 0.3) is 0 Å². The van der Waals surface area contributed by atoms with Crippen LogP contribution in [0.3, 0.4) is 0 Å². The lowest BCUT2D eigenvalue weighted by molar-refractivity contribution is -0.384. The Morgan fingerprint density at radius 3 is 2.80 bits per heavy atom. The molecule has 0 saturated carbocycles. The first-order valence-corrected chi connectivity index (χ1v) is 7.88. The average Bonchev–Trinajstić information content (AvgIpc) is 2.38. The number of nitro groups is 1. The normalized spacial score (nSPS) is 11.4. The Bertz CT molecular complexity index is 545. The lowest BCUT2D eigenvalue weighted by Crippen LogP contribution is -2.26. The number of ether oxygens (including phenoxy) is 1. The predicted octanol–water partition coefficient (Wildman–Crippen LogP) is 1.44. The van der Waals surface area contributed by atoms with Gasteiger partial charge in [-0.2, -0.15) is 0 Å². The molecule has 0 aliphatic rings. The van der Waals surface area contributed by atoms with E-state index in [-0.39, 0.29) is 18.0 Å². The molecule has 1 aromatic rings. The summed E-state index contributed by atoms with van der Waals surface area (Å²) < 4.78 is 31.1. The molecule has 1 N–H and O–H groups in total. The predicted molar refractivity (Wildman–Crippen MR) is 74.8 cm³/mol. The minimum absolute atomic E-state index is 0.117. The van der Waals surface area contributed by atoms with Gasteiger partial charge in [0.15, 0.2) is 0 Å². The topological polar surface area (TPSA) is 98.5 Å². The molecule has 0 spiro atoms. The molecular formula is C12H18N2O5S. The average molecular weight is 302 g/mol. The number of non-ortho nitro benzene ring substituents is 1. The summed E-state index contributed by atoms with van der Waals surface area (Å²) in [5.74, 6) is -0.274. The second-order valence-electron chi connectivity index (χ2n) is 4.13. The molecule has 7 nitrogen and oxygen atoms in total. The number of nitro benzene ring substituents is 1. The Labute approximate surface area is 118 Å². The second-order valence-corrected chi connectivity index (χ2v) is 5.94. The molecule has 112 valence electrons. The van der Waals surface area contributed by atoms with E-state index in [2.05, 4.69) is 4.72 Å². The van der Waals surface area contributed by atoms with Crippen LogP contribution in [0.2, 0.25) is 0 Å². The third-order valence-corrected chi connectivity index (χ3v) is 3.83. The Balaban J connectivity index is 2.53. The SMILES string of the molecule is CCOCCCNS(=O)(=O)Cc1cccc([N+](=O)[O-])c1. The number of sulfonamides is 1. The van der Waals surface area contributed by atoms with Gasteiger partial charge in [-0.3, -0.25) is 10.1 Å². The van der Waals surface area contributed by atoms with Crippen LogP contribution in [-0.4, -0.2) is 33.1 Å². The van der Waals surface area contributed by atoms with Gasteiger partial charge < -0.3 is 4.74 Å². The fourth-order valence-corrected chi connectivity index (χ4v) is 2.75. The molecule has 0 heterocycles. The zero-order chi connectivity index (χ0) is 15.0. The monoisotopic (exact) mass is 302 g/mol. The first kappa shape index (κ1) is 16.5. The number of nitrogens with zero attached hydrogens (tertiary/aromatic N) is 1. The highest BCUT2D eigenvalue weighted by Crippen LogP contribution is 2.14. The van der Waals surface area contributed by atoms with Crippen LogP contribution in [0.4, 0.5) is 5.69 Å². The van der Waals surface area contributed by atoms with Crippen LogP contribution >= 0.6 is 0 Å². The van der Waals surface area contributed by atoms with Gasteiger partial charge in [-0.1, -0.05) is 12.1 Å². The summed E-state index contributed by atoms with van der Waals surface area (Å²) in [5, 5.41) is 10.6. The molecule has 0 aromatic heterocycles. The van der Waals surface area contributed by atoms with Crippen LogP contribution in [0.5, 0.6) is 0 Å². The maximum absolute atomic E-state index is 11.8. The number of nitrogens with one attached hydrogen (secondary N) is 1. The molecule has 0 fully saturated rings. The summed E-state index contributed by atoms with van der Waals surface area (Å²) >= 11 is 0. The van der Waals surface area contributed by atoms with E-state index in [4.69, 9.17) is 4.74 Å². The van der Waals surface area contributed by atoms with Gasteiger partial charge in [0.2, 0.25) is 10.0 Å². The van der Waals surface area contributed by atoms with Crippen molar-refractivity contribution in [2.24, 2.45) is 0 Å². The molecule has 0 aliphatic carbocycles. The maximum atomic E-state index is 11.8. The van der Waals surface area contributed by atoms with E-state index in [1.165, 1.54) is 18.2 Å². The highest BCUT2D eigenvalue weighted by molar-refractivity contribution is 7.88. The first-order chi connectivity index (χ1) is 9.44. The zero-order valence-electron chi connectivity index (χ0n) is 11.2. The fraction of sp³-hybridized carbons (Fsp3) is 0.500. The standard InChI is InChI=1S/C12H18N2O5S/c1-2-19-8-4-7-13-20(17,18)10-11-5-3-6-12(9-11)14(15)16/h3,5-6,9,13H,2,4,7-8,10H2,1H3. The first-order valence-electron chi connectivity index (χ1n) is 6.23. The van der Waals surface area contributed by atoms with Crippen LogP contribution in [0.1, 0.15) is 18.9 Å². The smallest absolute Gasteiger partial charge is 0.269 e. The molecule has 0 radical (unpaired) electrons. The van der Waals surface area contributed by atoms with E-state index in [1.54, 1.807) is 6.07 Å². The van der Waals surface area contributed by atoms with Gasteiger partial charge in [-0.05, 0) is 18.9 Å². The molecule has 0 bridgehead atoms. The lowest BCUT2D eigenvalue weighted by atomic mass is 10.2. The van der Waals surface area contributed by atoms with E-state index in [1.807, 2.05) is 6.92 Å². The van der Waals surface area contributed by atoms with Crippen molar-refractivity contribution in [1.82, 2.24) is 4.72 Å². The molecule has 0 saturated heterocycles. The molecule has 0 unspecified atom stereocenters. The molecule has 1 rings (SSSR count). The van der Waals surface area contributed by atoms with Crippen molar-refractivity contribution in [3.8, 4) is 0 Å². The summed E-state index contributed by atoms with van der Waals surface area (Å²) in [7, 11) is -3.49. The van der Waals surface area contributed by atoms with Gasteiger partial charge in [0.05, 0.1) is 10.7 Å². The van der Waals surface area contributed by atoms with Crippen LogP contribution < -0.4 is 4.72 Å². The van der Waals surface area contributed by atoms with Crippen molar-refractivity contribution in [3.63, 3.8) is 0 Å². The van der Waals surface area contributed by atoms with Crippen molar-refractivity contribution < 1.29 is 18.1 Å². The summed E-state index contributed by atoms with van der Waals surface area (Å²) in [6.07, 6.45) is 0.585. The number of rotatable bonds is 9. The molecular weight excluding hydrogens is 284 g/mol. The quantitative estimate of drug-likeness (QED) is 0.423. The molecule has 20 heavy (non-hydrogen) atoms. The fourth-order valence-electron chi connectivity index (χ4n) is 1.58. The minimum Gasteiger partial charge on any atom is -0.382 e. The van der Waals surface area contributed by atoms with Crippen molar-refractivity contribution in [2.75, 3.05) is 19.8 Å². The Hall–Kier alpha value is -1.51. The highest BCUT2D eigenvalue weighted by atomic mass is 32.2. The van der Waals surface area contributed by atoms with Gasteiger partial charge in [0, 0.05) is 31.9 Å². The van der Waals surface area contributed by atoms with E-state index < -0.39 is 14.9 Å². The molecule has 8 heteroatoms. The number of hydrogen-bond acceptors (Lipinski definition) is 5. The summed E-state index contributed by atoms with van der Waals surface area (Å²) in [5.41, 5.74) is 0.269. The molecule has 0 atom stereocenters. The third kappa shape index (κ3) is 6.09. The highest BCUT2D eigenvalue weighted by Gasteiger charge is 2.13. The maximum Gasteiger partial charge on any atom is 0.269 e. The Kier molecular flexibility index (Phi) is 6.56. The van der Waals surface area contributed by atoms with E-state index in [0.29, 0.717) is 25.2 Å². The van der Waals surface area contributed by atoms with Crippen molar-refractivity contribution >= 4 is 15.7 Å². The largest absolute Gasteiger partial charge is 0.382 e. The Morgan fingerprint density at radius 1 is 1.40 bits per heavy atom. The summed E-state index contributed by atoms with van der Waals surface area (Å²) in [4.78, 5) is 10.1. The van der Waals surface area contributed by atoms with Gasteiger partial charge in [-0.15, -0.1) is 0 Å². The van der Waals surface area contributed by atoms with Crippen molar-refractivity contribution in [3.05, 3.63) is 39.9 Å². The molecule has 0 amide bonds. The Morgan fingerprint density at radius 2 is 2.15 bits per heavy atom. The number of benzene rings is 1. The van der Waals surface area contributed by atoms with Gasteiger partial charge in [0.1, 0.15) is 0 Å². The summed E-state index contributed by atoms with van der Waals surface area (Å²) in [6, 6.07) is 5.61. The van der Waals surface area contributed by atoms with E-state index >= 15 is 0 Å². The lowest BCUT2D eigenvalue weighted by Gasteiger charge is -2.07. The third-order valence-electron chi connectivity index (χ3n) is 2.47. The van der Waals surface area contributed by atoms with Gasteiger partial charge >= 0.3 is 0 Å². The van der Waals surface area contributed by atoms with E-state index in [9.17, 15) is 18.5 Å². The number of hydrogen-bond donors (Lipinski definition) is 1. The van der Waals surface area contributed by atoms with Crippen molar-refractivity contribution in [2.45, 2.75) is 19.1 Å². The van der Waals surface area contributed by atoms with E-state index in [0.717, 1.165) is 0 Å². The summed E-state index contributed by atoms with van der Waals surface area (Å²) in [6.45, 7) is 3.25. The molecule has 0 aliphatic heterocycles. The minimum atomic E-state index is -3.49. The van der Waals surface area contributed by atoms with Gasteiger partial charge in [0.25, 0.3) is 5.69 Å². The second kappa shape index (κ2) is 7.93.